The van der Waals surface area contributed by atoms with Gasteiger partial charge in [0.25, 0.3) is 0 Å². The van der Waals surface area contributed by atoms with Gasteiger partial charge >= 0.3 is 5.97 Å². The third-order valence-corrected chi connectivity index (χ3v) is 2.82. The third kappa shape index (κ3) is 4.60. The highest BCUT2D eigenvalue weighted by Crippen LogP contribution is 2.09. The van der Waals surface area contributed by atoms with Gasteiger partial charge in [-0.25, -0.2) is 0 Å². The van der Waals surface area contributed by atoms with E-state index >= 15 is 0 Å². The van der Waals surface area contributed by atoms with Crippen LogP contribution in [-0.2, 0) is 16.1 Å². The number of ether oxygens (including phenoxy) is 1. The predicted octanol–water partition coefficient (Wildman–Crippen LogP) is 2.12. The van der Waals surface area contributed by atoms with Gasteiger partial charge in [-0.2, -0.15) is 0 Å². The number of carbonyl (C=O) groups excluding carboxylic acids is 1. The number of hydrogen-bond acceptors (Lipinski definition) is 3. The molecule has 18 heavy (non-hydrogen) atoms. The summed E-state index contributed by atoms with van der Waals surface area (Å²) in [6.07, 6.45) is 11.2. The molecular formula is C15H19NO2. The van der Waals surface area contributed by atoms with Crippen LogP contribution in [0.25, 0.3) is 0 Å². The van der Waals surface area contributed by atoms with Crippen molar-refractivity contribution in [2.24, 2.45) is 0 Å². The predicted molar refractivity (Wildman–Crippen MR) is 71.8 cm³/mol. The average molecular weight is 245 g/mol. The maximum atomic E-state index is 11.7. The van der Waals surface area contributed by atoms with Gasteiger partial charge in [0.15, 0.2) is 0 Å². The molecule has 1 aromatic rings. The number of carbonyl (C=O) groups is 1. The zero-order valence-electron chi connectivity index (χ0n) is 10.5. The van der Waals surface area contributed by atoms with E-state index in [1.807, 2.05) is 30.3 Å². The first kappa shape index (κ1) is 14.3. The topological polar surface area (TPSA) is 38.3 Å². The van der Waals surface area contributed by atoms with E-state index in [1.54, 1.807) is 0 Å². The number of hydrogen-bond donors (Lipinski definition) is 1. The lowest BCUT2D eigenvalue weighted by Crippen LogP contribution is -2.41. The van der Waals surface area contributed by atoms with Gasteiger partial charge in [0.2, 0.25) is 0 Å². The van der Waals surface area contributed by atoms with E-state index in [9.17, 15) is 4.79 Å². The van der Waals surface area contributed by atoms with Crippen molar-refractivity contribution in [3.63, 3.8) is 0 Å². The van der Waals surface area contributed by atoms with E-state index in [4.69, 9.17) is 4.74 Å². The first-order chi connectivity index (χ1) is 8.86. The monoisotopic (exact) mass is 245 g/mol. The molecule has 0 bridgehead atoms. The highest BCUT2D eigenvalue weighted by atomic mass is 16.5. The van der Waals surface area contributed by atoms with E-state index in [1.165, 1.54) is 0 Å². The molecule has 1 fully saturated rings. The molecule has 1 aliphatic heterocycles. The van der Waals surface area contributed by atoms with Gasteiger partial charge in [0, 0.05) is 0 Å². The van der Waals surface area contributed by atoms with Crippen molar-refractivity contribution in [1.29, 1.82) is 0 Å². The van der Waals surface area contributed by atoms with Crippen molar-refractivity contribution >= 4 is 5.97 Å². The van der Waals surface area contributed by atoms with Gasteiger partial charge in [-0.05, 0) is 24.9 Å². The third-order valence-electron chi connectivity index (χ3n) is 2.82. The Kier molecular flexibility index (Phi) is 6.60. The summed E-state index contributed by atoms with van der Waals surface area (Å²) in [6.45, 7) is 1.29. The van der Waals surface area contributed by atoms with Crippen LogP contribution >= 0.6 is 0 Å². The molecule has 1 aromatic carbocycles. The van der Waals surface area contributed by atoms with Crippen LogP contribution in [0.2, 0.25) is 0 Å². The Morgan fingerprint density at radius 2 is 2.00 bits per heavy atom. The number of terminal acetylenes is 1. The molecule has 0 aliphatic carbocycles. The van der Waals surface area contributed by atoms with Crippen LogP contribution in [0.4, 0.5) is 0 Å². The first-order valence-electron chi connectivity index (χ1n) is 6.13. The lowest BCUT2D eigenvalue weighted by Gasteiger charge is -2.21. The summed E-state index contributed by atoms with van der Waals surface area (Å²) in [5.41, 5.74) is 1.03. The Morgan fingerprint density at radius 1 is 1.28 bits per heavy atom. The summed E-state index contributed by atoms with van der Waals surface area (Å²) in [5.74, 6) is -0.122. The fourth-order valence-electron chi connectivity index (χ4n) is 1.88. The van der Waals surface area contributed by atoms with E-state index in [2.05, 4.69) is 18.2 Å². The summed E-state index contributed by atoms with van der Waals surface area (Å²) in [7, 11) is 0. The summed E-state index contributed by atoms with van der Waals surface area (Å²) < 4.78 is 5.27. The smallest absolute Gasteiger partial charge is 0.323 e. The molecule has 2 rings (SSSR count). The zero-order valence-corrected chi connectivity index (χ0v) is 10.5. The molecule has 0 aromatic heterocycles. The molecule has 1 unspecified atom stereocenters. The molecule has 0 spiro atoms. The molecular weight excluding hydrogens is 226 g/mol. The van der Waals surface area contributed by atoms with Crippen LogP contribution in [0.3, 0.4) is 0 Å². The maximum Gasteiger partial charge on any atom is 0.323 e. The number of esters is 1. The van der Waals surface area contributed by atoms with E-state index in [-0.39, 0.29) is 12.0 Å². The quantitative estimate of drug-likeness (QED) is 0.655. The number of nitrogens with one attached hydrogen (secondary N) is 1. The molecule has 1 aliphatic rings. The van der Waals surface area contributed by atoms with Crippen LogP contribution in [0.5, 0.6) is 0 Å². The van der Waals surface area contributed by atoms with E-state index < -0.39 is 0 Å². The molecule has 0 radical (unpaired) electrons. The van der Waals surface area contributed by atoms with Crippen molar-refractivity contribution in [3.8, 4) is 12.8 Å². The summed E-state index contributed by atoms with van der Waals surface area (Å²) >= 11 is 0. The summed E-state index contributed by atoms with van der Waals surface area (Å²) in [4.78, 5) is 11.7. The second-order valence-corrected chi connectivity index (χ2v) is 4.10. The summed E-state index contributed by atoms with van der Waals surface area (Å²) in [6, 6.07) is 9.67. The van der Waals surface area contributed by atoms with Gasteiger partial charge in [0.1, 0.15) is 12.6 Å². The van der Waals surface area contributed by atoms with Gasteiger partial charge in [0.05, 0.1) is 0 Å². The van der Waals surface area contributed by atoms with Gasteiger partial charge in [-0.3, -0.25) is 4.79 Å². The number of benzene rings is 1. The van der Waals surface area contributed by atoms with Crippen molar-refractivity contribution in [2.75, 3.05) is 6.54 Å². The fourth-order valence-corrected chi connectivity index (χ4v) is 1.88. The minimum absolute atomic E-state index is 0.0996. The van der Waals surface area contributed by atoms with Crippen molar-refractivity contribution in [2.45, 2.75) is 31.9 Å². The lowest BCUT2D eigenvalue weighted by atomic mass is 10.1. The van der Waals surface area contributed by atoms with Crippen LogP contribution < -0.4 is 5.32 Å². The molecule has 0 amide bonds. The van der Waals surface area contributed by atoms with Crippen molar-refractivity contribution in [1.82, 2.24) is 5.32 Å². The molecule has 1 heterocycles. The largest absolute Gasteiger partial charge is 0.460 e. The zero-order chi connectivity index (χ0) is 13.2. The average Bonchev–Trinajstić information content (AvgIpc) is 2.49. The van der Waals surface area contributed by atoms with Crippen LogP contribution in [-0.4, -0.2) is 18.6 Å². The van der Waals surface area contributed by atoms with Gasteiger partial charge < -0.3 is 10.1 Å². The molecule has 1 saturated heterocycles. The molecule has 0 saturated carbocycles. The minimum atomic E-state index is -0.122. The summed E-state index contributed by atoms with van der Waals surface area (Å²) in [5, 5.41) is 3.18. The van der Waals surface area contributed by atoms with Gasteiger partial charge in [-0.1, -0.05) is 36.8 Å². The molecule has 1 atom stereocenters. The molecule has 3 nitrogen and oxygen atoms in total. The molecule has 96 valence electrons. The first-order valence-corrected chi connectivity index (χ1v) is 6.13. The lowest BCUT2D eigenvalue weighted by molar-refractivity contribution is -0.148. The SMILES string of the molecule is C#C.O=C(OCc1ccccc1)C1CCCCN1. The van der Waals surface area contributed by atoms with E-state index in [0.29, 0.717) is 6.61 Å². The van der Waals surface area contributed by atoms with E-state index in [0.717, 1.165) is 31.4 Å². The number of piperidine rings is 1. The fraction of sp³-hybridized carbons (Fsp3) is 0.400. The van der Waals surface area contributed by atoms with Crippen molar-refractivity contribution < 1.29 is 9.53 Å². The molecule has 1 N–H and O–H groups in total. The van der Waals surface area contributed by atoms with Crippen molar-refractivity contribution in [3.05, 3.63) is 35.9 Å². The normalized spacial score (nSPS) is 18.2. The minimum Gasteiger partial charge on any atom is -0.460 e. The molecule has 3 heteroatoms. The Bertz CT molecular complexity index is 367. The second kappa shape index (κ2) is 8.32. The van der Waals surface area contributed by atoms with Crippen LogP contribution in [0.1, 0.15) is 24.8 Å². The standard InChI is InChI=1S/C13H17NO2.C2H2/c15-13(12-8-4-5-9-14-12)16-10-11-6-2-1-3-7-11;1-2/h1-3,6-7,12,14H,4-5,8-10H2;1-2H. The Balaban J connectivity index is 0.000000771. The van der Waals surface area contributed by atoms with Gasteiger partial charge in [-0.15, -0.1) is 12.8 Å². The highest BCUT2D eigenvalue weighted by molar-refractivity contribution is 5.75. The van der Waals surface area contributed by atoms with Crippen LogP contribution in [0, 0.1) is 12.8 Å². The van der Waals surface area contributed by atoms with Crippen LogP contribution in [0.15, 0.2) is 30.3 Å². The Hall–Kier alpha value is -1.79. The second-order valence-electron chi connectivity index (χ2n) is 4.10. The highest BCUT2D eigenvalue weighted by Gasteiger charge is 2.21. The Labute approximate surface area is 109 Å². The Morgan fingerprint density at radius 3 is 2.61 bits per heavy atom. The number of rotatable bonds is 3. The maximum absolute atomic E-state index is 11.7.